The highest BCUT2D eigenvalue weighted by atomic mass is 35.5. The molecule has 0 spiro atoms. The van der Waals surface area contributed by atoms with Crippen LogP contribution in [0.2, 0.25) is 5.02 Å². The van der Waals surface area contributed by atoms with Crippen LogP contribution in [0.5, 0.6) is 0 Å². The predicted octanol–water partition coefficient (Wildman–Crippen LogP) is 2.93. The molecule has 1 aromatic heterocycles. The zero-order valence-corrected chi connectivity index (χ0v) is 14.8. The van der Waals surface area contributed by atoms with Gasteiger partial charge >= 0.3 is 6.18 Å². The quantitative estimate of drug-likeness (QED) is 0.839. The van der Waals surface area contributed by atoms with Crippen LogP contribution in [0.25, 0.3) is 0 Å². The average Bonchev–Trinajstić information content (AvgIpc) is 3.15. The minimum Gasteiger partial charge on any atom is -0.333 e. The van der Waals surface area contributed by atoms with Gasteiger partial charge in [0.15, 0.2) is 0 Å². The largest absolute Gasteiger partial charge is 0.406 e. The Bertz CT molecular complexity index is 835. The molecule has 0 aliphatic carbocycles. The van der Waals surface area contributed by atoms with Gasteiger partial charge in [0.05, 0.1) is 18.7 Å². The summed E-state index contributed by atoms with van der Waals surface area (Å²) in [6.45, 7) is -1.22. The minimum absolute atomic E-state index is 0.243. The first kappa shape index (κ1) is 19.2. The second kappa shape index (κ2) is 7.59. The van der Waals surface area contributed by atoms with Crippen molar-refractivity contribution in [2.45, 2.75) is 19.1 Å². The van der Waals surface area contributed by atoms with E-state index >= 15 is 0 Å². The number of carbonyl (C=O) groups excluding carboxylic acids is 2. The number of likely N-dealkylation sites (tertiary alicyclic amines) is 1. The second-order valence-corrected chi connectivity index (χ2v) is 6.72. The molecule has 0 saturated carbocycles. The molecular weight excluding hydrogens is 385 g/mol. The fourth-order valence-corrected chi connectivity index (χ4v) is 3.00. The van der Waals surface area contributed by atoms with E-state index in [2.05, 4.69) is 10.4 Å². The van der Waals surface area contributed by atoms with Crippen molar-refractivity contribution in [2.75, 3.05) is 18.4 Å². The summed E-state index contributed by atoms with van der Waals surface area (Å²) in [4.78, 5) is 24.8. The van der Waals surface area contributed by atoms with Gasteiger partial charge < -0.3 is 10.2 Å². The Morgan fingerprint density at radius 2 is 1.96 bits per heavy atom. The van der Waals surface area contributed by atoms with E-state index in [0.29, 0.717) is 22.3 Å². The predicted molar refractivity (Wildman–Crippen MR) is 92.2 cm³/mol. The number of amides is 2. The number of anilines is 1. The van der Waals surface area contributed by atoms with Gasteiger partial charge in [-0.15, -0.1) is 0 Å². The van der Waals surface area contributed by atoms with E-state index in [4.69, 9.17) is 11.6 Å². The van der Waals surface area contributed by atoms with E-state index in [1.807, 2.05) is 12.1 Å². The van der Waals surface area contributed by atoms with Crippen LogP contribution in [0, 0.1) is 5.92 Å². The van der Waals surface area contributed by atoms with Crippen LogP contribution in [-0.4, -0.2) is 45.8 Å². The van der Waals surface area contributed by atoms with Gasteiger partial charge in [-0.05, 0) is 17.7 Å². The van der Waals surface area contributed by atoms with E-state index in [0.717, 1.165) is 5.56 Å². The number of hydrogen-bond donors (Lipinski definition) is 1. The normalized spacial score (nSPS) is 17.4. The Hall–Kier alpha value is -2.55. The van der Waals surface area contributed by atoms with Gasteiger partial charge in [0.1, 0.15) is 12.4 Å². The highest BCUT2D eigenvalue weighted by molar-refractivity contribution is 6.30. The first-order chi connectivity index (χ1) is 12.7. The standard InChI is InChI=1S/C17H16ClF3N4O2/c18-13-3-1-11(2-4-13)8-25-14(5-6-22-25)23-16(27)12-7-15(26)24(9-12)10-17(19,20)21/h1-6,12H,7-10H2,(H,23,27). The maximum absolute atomic E-state index is 12.5. The number of halogens is 4. The summed E-state index contributed by atoms with van der Waals surface area (Å²) in [5, 5.41) is 7.38. The second-order valence-electron chi connectivity index (χ2n) is 6.28. The van der Waals surface area contributed by atoms with E-state index < -0.39 is 30.5 Å². The van der Waals surface area contributed by atoms with Crippen LogP contribution >= 0.6 is 11.6 Å². The van der Waals surface area contributed by atoms with Gasteiger partial charge in [-0.3, -0.25) is 9.59 Å². The molecule has 6 nitrogen and oxygen atoms in total. The van der Waals surface area contributed by atoms with E-state index in [-0.39, 0.29) is 13.0 Å². The van der Waals surface area contributed by atoms with Crippen molar-refractivity contribution >= 4 is 29.2 Å². The third-order valence-corrected chi connectivity index (χ3v) is 4.42. The van der Waals surface area contributed by atoms with Gasteiger partial charge in [-0.2, -0.15) is 18.3 Å². The first-order valence-corrected chi connectivity index (χ1v) is 8.51. The monoisotopic (exact) mass is 400 g/mol. The molecular formula is C17H16ClF3N4O2. The Morgan fingerprint density at radius 3 is 2.63 bits per heavy atom. The third kappa shape index (κ3) is 5.00. The number of nitrogens with zero attached hydrogens (tertiary/aromatic N) is 3. The van der Waals surface area contributed by atoms with E-state index in [1.54, 1.807) is 22.9 Å². The molecule has 1 unspecified atom stereocenters. The summed E-state index contributed by atoms with van der Waals surface area (Å²) in [5.74, 6) is -1.62. The molecule has 144 valence electrons. The molecule has 2 heterocycles. The molecule has 1 N–H and O–H groups in total. The number of alkyl halides is 3. The van der Waals surface area contributed by atoms with Crippen LogP contribution in [0.1, 0.15) is 12.0 Å². The van der Waals surface area contributed by atoms with Crippen LogP contribution < -0.4 is 5.32 Å². The third-order valence-electron chi connectivity index (χ3n) is 4.17. The zero-order valence-electron chi connectivity index (χ0n) is 14.0. The van der Waals surface area contributed by atoms with Crippen molar-refractivity contribution in [3.05, 3.63) is 47.1 Å². The van der Waals surface area contributed by atoms with Gasteiger partial charge in [-0.25, -0.2) is 4.68 Å². The molecule has 2 aromatic rings. The summed E-state index contributed by atoms with van der Waals surface area (Å²) < 4.78 is 39.0. The number of hydrogen-bond acceptors (Lipinski definition) is 3. The molecule has 27 heavy (non-hydrogen) atoms. The first-order valence-electron chi connectivity index (χ1n) is 8.13. The molecule has 0 radical (unpaired) electrons. The Labute approximate surface area is 157 Å². The molecule has 2 amide bonds. The summed E-state index contributed by atoms with van der Waals surface area (Å²) >= 11 is 5.85. The summed E-state index contributed by atoms with van der Waals surface area (Å²) in [5.41, 5.74) is 0.908. The lowest BCUT2D eigenvalue weighted by atomic mass is 10.1. The van der Waals surface area contributed by atoms with Crippen molar-refractivity contribution < 1.29 is 22.8 Å². The topological polar surface area (TPSA) is 67.2 Å². The molecule has 0 bridgehead atoms. The summed E-state index contributed by atoms with van der Waals surface area (Å²) in [6, 6.07) is 8.69. The molecule has 1 atom stereocenters. The summed E-state index contributed by atoms with van der Waals surface area (Å²) in [7, 11) is 0. The van der Waals surface area contributed by atoms with E-state index in [1.165, 1.54) is 6.20 Å². The van der Waals surface area contributed by atoms with Gasteiger partial charge in [0, 0.05) is 24.1 Å². The molecule has 1 aromatic carbocycles. The van der Waals surface area contributed by atoms with Crippen molar-refractivity contribution in [1.82, 2.24) is 14.7 Å². The molecule has 1 aliphatic rings. The molecule has 10 heteroatoms. The van der Waals surface area contributed by atoms with Crippen LogP contribution in [0.3, 0.4) is 0 Å². The molecule has 1 aliphatic heterocycles. The summed E-state index contributed by atoms with van der Waals surface area (Å²) in [6.07, 6.45) is -3.23. The molecule has 1 fully saturated rings. The SMILES string of the molecule is O=C(Nc1ccnn1Cc1ccc(Cl)cc1)C1CC(=O)N(CC(F)(F)F)C1. The maximum Gasteiger partial charge on any atom is 0.406 e. The van der Waals surface area contributed by atoms with Crippen molar-refractivity contribution in [3.63, 3.8) is 0 Å². The van der Waals surface area contributed by atoms with Crippen molar-refractivity contribution in [2.24, 2.45) is 5.92 Å². The van der Waals surface area contributed by atoms with Crippen molar-refractivity contribution in [1.29, 1.82) is 0 Å². The van der Waals surface area contributed by atoms with Gasteiger partial charge in [0.25, 0.3) is 0 Å². The fourth-order valence-electron chi connectivity index (χ4n) is 2.87. The van der Waals surface area contributed by atoms with Crippen molar-refractivity contribution in [3.8, 4) is 0 Å². The lowest BCUT2D eigenvalue weighted by Gasteiger charge is -2.18. The minimum atomic E-state index is -4.49. The van der Waals surface area contributed by atoms with Gasteiger partial charge in [-0.1, -0.05) is 23.7 Å². The maximum atomic E-state index is 12.5. The lowest BCUT2D eigenvalue weighted by molar-refractivity contribution is -0.157. The number of nitrogens with one attached hydrogen (secondary N) is 1. The average molecular weight is 401 g/mol. The highest BCUT2D eigenvalue weighted by Crippen LogP contribution is 2.25. The number of benzene rings is 1. The Morgan fingerprint density at radius 1 is 1.26 bits per heavy atom. The highest BCUT2D eigenvalue weighted by Gasteiger charge is 2.40. The molecule has 1 saturated heterocycles. The lowest BCUT2D eigenvalue weighted by Crippen LogP contribution is -2.36. The number of rotatable bonds is 5. The Balaban J connectivity index is 1.63. The van der Waals surface area contributed by atoms with Crippen LogP contribution in [0.15, 0.2) is 36.5 Å². The fraction of sp³-hybridized carbons (Fsp3) is 0.353. The molecule has 3 rings (SSSR count). The van der Waals surface area contributed by atoms with Gasteiger partial charge in [0.2, 0.25) is 11.8 Å². The number of aromatic nitrogens is 2. The zero-order chi connectivity index (χ0) is 19.6. The smallest absolute Gasteiger partial charge is 0.333 e. The van der Waals surface area contributed by atoms with Crippen LogP contribution in [-0.2, 0) is 16.1 Å². The Kier molecular flexibility index (Phi) is 5.41. The van der Waals surface area contributed by atoms with Crippen LogP contribution in [0.4, 0.5) is 19.0 Å². The number of carbonyl (C=O) groups is 2. The van der Waals surface area contributed by atoms with E-state index in [9.17, 15) is 22.8 Å².